The molecular weight excluding hydrogens is 262 g/mol. The second kappa shape index (κ2) is 6.31. The molecule has 0 spiro atoms. The van der Waals surface area contributed by atoms with Crippen LogP contribution in [-0.4, -0.2) is 31.2 Å². The molecule has 4 nitrogen and oxygen atoms in total. The van der Waals surface area contributed by atoms with Gasteiger partial charge in [-0.05, 0) is 61.9 Å². The summed E-state index contributed by atoms with van der Waals surface area (Å²) in [7, 11) is 1.70. The van der Waals surface area contributed by atoms with Crippen LogP contribution in [0.4, 0.5) is 5.82 Å². The van der Waals surface area contributed by atoms with Crippen molar-refractivity contribution in [1.82, 2.24) is 4.98 Å². The first-order valence-corrected chi connectivity index (χ1v) is 7.73. The molecule has 1 aromatic carbocycles. The molecule has 21 heavy (non-hydrogen) atoms. The number of ether oxygens (including phenoxy) is 1. The second-order valence-corrected chi connectivity index (χ2v) is 5.64. The lowest BCUT2D eigenvalue weighted by molar-refractivity contribution is 0.383. The van der Waals surface area contributed by atoms with Crippen LogP contribution in [-0.2, 0) is 0 Å². The van der Waals surface area contributed by atoms with E-state index in [1.54, 1.807) is 7.11 Å². The molecule has 0 bridgehead atoms. The van der Waals surface area contributed by atoms with Gasteiger partial charge < -0.3 is 15.4 Å². The zero-order valence-corrected chi connectivity index (χ0v) is 12.6. The van der Waals surface area contributed by atoms with Crippen LogP contribution < -0.4 is 15.4 Å². The molecule has 2 aromatic rings. The number of benzene rings is 1. The van der Waals surface area contributed by atoms with Crippen molar-refractivity contribution in [2.45, 2.75) is 31.7 Å². The molecule has 1 saturated carbocycles. The van der Waals surface area contributed by atoms with E-state index in [9.17, 15) is 0 Å². The monoisotopic (exact) mass is 285 g/mol. The summed E-state index contributed by atoms with van der Waals surface area (Å²) in [6.45, 7) is 1.71. The third kappa shape index (κ3) is 2.81. The average molecular weight is 285 g/mol. The summed E-state index contributed by atoms with van der Waals surface area (Å²) in [5.41, 5.74) is 5.70. The van der Waals surface area contributed by atoms with E-state index >= 15 is 0 Å². The van der Waals surface area contributed by atoms with Crippen molar-refractivity contribution in [3.05, 3.63) is 30.5 Å². The van der Waals surface area contributed by atoms with Crippen LogP contribution in [0.25, 0.3) is 10.8 Å². The lowest BCUT2D eigenvalue weighted by Crippen LogP contribution is -2.42. The zero-order chi connectivity index (χ0) is 14.7. The summed E-state index contributed by atoms with van der Waals surface area (Å²) in [6, 6.07) is 8.86. The molecule has 0 amide bonds. The van der Waals surface area contributed by atoms with Gasteiger partial charge in [0.25, 0.3) is 0 Å². The minimum atomic E-state index is 0.622. The highest BCUT2D eigenvalue weighted by molar-refractivity contribution is 5.93. The maximum atomic E-state index is 5.70. The van der Waals surface area contributed by atoms with Gasteiger partial charge in [0.05, 0.1) is 7.11 Å². The first-order valence-electron chi connectivity index (χ1n) is 7.73. The number of methoxy groups -OCH3 is 1. The van der Waals surface area contributed by atoms with E-state index in [4.69, 9.17) is 10.5 Å². The molecule has 1 heterocycles. The number of nitrogens with two attached hydrogens (primary N) is 1. The molecule has 0 unspecified atom stereocenters. The smallest absolute Gasteiger partial charge is 0.136 e. The Hall–Kier alpha value is -1.81. The number of nitrogens with zero attached hydrogens (tertiary/aromatic N) is 2. The van der Waals surface area contributed by atoms with Gasteiger partial charge in [-0.15, -0.1) is 0 Å². The molecule has 0 radical (unpaired) electrons. The summed E-state index contributed by atoms with van der Waals surface area (Å²) >= 11 is 0. The standard InChI is InChI=1S/C17H23N3O/c1-21-15-6-7-16-13(12-15)8-10-19-17(16)20(11-3-9-18)14-4-2-5-14/h6-8,10,12,14H,2-5,9,11,18H2,1H3. The van der Waals surface area contributed by atoms with Crippen LogP contribution >= 0.6 is 0 Å². The van der Waals surface area contributed by atoms with Crippen LogP contribution in [0.5, 0.6) is 5.75 Å². The fourth-order valence-electron chi connectivity index (χ4n) is 2.92. The van der Waals surface area contributed by atoms with Crippen molar-refractivity contribution in [1.29, 1.82) is 0 Å². The highest BCUT2D eigenvalue weighted by Gasteiger charge is 2.26. The summed E-state index contributed by atoms with van der Waals surface area (Å²) in [5, 5.41) is 2.37. The molecule has 0 aliphatic heterocycles. The average Bonchev–Trinajstić information content (AvgIpc) is 2.48. The van der Waals surface area contributed by atoms with Crippen LogP contribution in [0.15, 0.2) is 30.5 Å². The molecule has 0 atom stereocenters. The third-order valence-electron chi connectivity index (χ3n) is 4.34. The van der Waals surface area contributed by atoms with Crippen molar-refractivity contribution in [2.24, 2.45) is 5.73 Å². The summed E-state index contributed by atoms with van der Waals surface area (Å²) in [4.78, 5) is 7.11. The minimum Gasteiger partial charge on any atom is -0.497 e. The summed E-state index contributed by atoms with van der Waals surface area (Å²) in [6.07, 6.45) is 6.75. The Morgan fingerprint density at radius 2 is 2.19 bits per heavy atom. The van der Waals surface area contributed by atoms with E-state index in [0.29, 0.717) is 6.04 Å². The molecule has 112 valence electrons. The van der Waals surface area contributed by atoms with Gasteiger partial charge in [-0.3, -0.25) is 0 Å². The van der Waals surface area contributed by atoms with Crippen molar-refractivity contribution < 1.29 is 4.74 Å². The first-order chi connectivity index (χ1) is 10.3. The fourth-order valence-corrected chi connectivity index (χ4v) is 2.92. The molecule has 1 aliphatic carbocycles. The quantitative estimate of drug-likeness (QED) is 0.886. The molecule has 1 fully saturated rings. The summed E-state index contributed by atoms with van der Waals surface area (Å²) in [5.74, 6) is 1.98. The van der Waals surface area contributed by atoms with Crippen LogP contribution in [0.3, 0.4) is 0 Å². The Kier molecular flexibility index (Phi) is 4.25. The molecule has 1 aliphatic rings. The zero-order valence-electron chi connectivity index (χ0n) is 12.6. The van der Waals surface area contributed by atoms with Gasteiger partial charge in [0.15, 0.2) is 0 Å². The predicted octanol–water partition coefficient (Wildman–Crippen LogP) is 2.95. The predicted molar refractivity (Wildman–Crippen MR) is 87.0 cm³/mol. The number of hydrogen-bond acceptors (Lipinski definition) is 4. The van der Waals surface area contributed by atoms with Crippen molar-refractivity contribution >= 4 is 16.6 Å². The van der Waals surface area contributed by atoms with Gasteiger partial charge in [-0.25, -0.2) is 4.98 Å². The first kappa shape index (κ1) is 14.1. The Bertz CT molecular complexity index is 610. The number of rotatable bonds is 6. The number of hydrogen-bond donors (Lipinski definition) is 1. The number of pyridine rings is 1. The lowest BCUT2D eigenvalue weighted by atomic mass is 9.91. The van der Waals surface area contributed by atoms with Crippen molar-refractivity contribution in [2.75, 3.05) is 25.1 Å². The Morgan fingerprint density at radius 1 is 1.33 bits per heavy atom. The Morgan fingerprint density at radius 3 is 2.86 bits per heavy atom. The highest BCUT2D eigenvalue weighted by Crippen LogP contribution is 2.33. The van der Waals surface area contributed by atoms with Gasteiger partial charge >= 0.3 is 0 Å². The van der Waals surface area contributed by atoms with E-state index in [0.717, 1.165) is 31.1 Å². The van der Waals surface area contributed by atoms with E-state index in [2.05, 4.69) is 22.0 Å². The molecule has 3 rings (SSSR count). The fraction of sp³-hybridized carbons (Fsp3) is 0.471. The van der Waals surface area contributed by atoms with Crippen molar-refractivity contribution in [3.8, 4) is 5.75 Å². The van der Waals surface area contributed by atoms with Crippen molar-refractivity contribution in [3.63, 3.8) is 0 Å². The van der Waals surface area contributed by atoms with Gasteiger partial charge in [-0.2, -0.15) is 0 Å². The molecule has 4 heteroatoms. The minimum absolute atomic E-state index is 0.622. The normalized spacial score (nSPS) is 15.0. The van der Waals surface area contributed by atoms with E-state index in [1.807, 2.05) is 18.3 Å². The topological polar surface area (TPSA) is 51.4 Å². The van der Waals surface area contributed by atoms with E-state index < -0.39 is 0 Å². The van der Waals surface area contributed by atoms with Gasteiger partial charge in [0.1, 0.15) is 11.6 Å². The molecular formula is C17H23N3O. The Balaban J connectivity index is 1.99. The second-order valence-electron chi connectivity index (χ2n) is 5.64. The van der Waals surface area contributed by atoms with Crippen LogP contribution in [0.1, 0.15) is 25.7 Å². The molecule has 0 saturated heterocycles. The third-order valence-corrected chi connectivity index (χ3v) is 4.34. The van der Waals surface area contributed by atoms with E-state index in [-0.39, 0.29) is 0 Å². The SMILES string of the molecule is COc1ccc2c(N(CCCN)C3CCC3)nccc2c1. The highest BCUT2D eigenvalue weighted by atomic mass is 16.5. The van der Waals surface area contributed by atoms with Gasteiger partial charge in [0.2, 0.25) is 0 Å². The maximum Gasteiger partial charge on any atom is 0.136 e. The molecule has 2 N–H and O–H groups in total. The van der Waals surface area contributed by atoms with Gasteiger partial charge in [-0.1, -0.05) is 0 Å². The van der Waals surface area contributed by atoms with Crippen LogP contribution in [0, 0.1) is 0 Å². The summed E-state index contributed by atoms with van der Waals surface area (Å²) < 4.78 is 5.32. The van der Waals surface area contributed by atoms with Gasteiger partial charge in [0, 0.05) is 24.2 Å². The lowest BCUT2D eigenvalue weighted by Gasteiger charge is -2.39. The maximum absolute atomic E-state index is 5.70. The molecule has 1 aromatic heterocycles. The number of fused-ring (bicyclic) bond motifs is 1. The number of aromatic nitrogens is 1. The Labute approximate surface area is 125 Å². The van der Waals surface area contributed by atoms with E-state index in [1.165, 1.54) is 30.0 Å². The number of anilines is 1. The van der Waals surface area contributed by atoms with Crippen LogP contribution in [0.2, 0.25) is 0 Å². The largest absolute Gasteiger partial charge is 0.497 e.